The van der Waals surface area contributed by atoms with Gasteiger partial charge in [0.25, 0.3) is 0 Å². The Bertz CT molecular complexity index is 484. The van der Waals surface area contributed by atoms with Crippen LogP contribution >= 0.6 is 11.8 Å². The van der Waals surface area contributed by atoms with Gasteiger partial charge in [0, 0.05) is 17.2 Å². The number of aromatic amines is 1. The zero-order valence-corrected chi connectivity index (χ0v) is 8.02. The molecule has 2 rings (SSSR count). The van der Waals surface area contributed by atoms with E-state index < -0.39 is 0 Å². The van der Waals surface area contributed by atoms with E-state index in [-0.39, 0.29) is 5.43 Å². The van der Waals surface area contributed by atoms with Gasteiger partial charge in [0.05, 0.1) is 10.9 Å². The summed E-state index contributed by atoms with van der Waals surface area (Å²) < 4.78 is 0. The predicted octanol–water partition coefficient (Wildman–Crippen LogP) is 2.25. The fourth-order valence-corrected chi connectivity index (χ4v) is 2.00. The zero-order valence-electron chi connectivity index (χ0n) is 7.20. The van der Waals surface area contributed by atoms with Crippen LogP contribution in [0.25, 0.3) is 10.9 Å². The summed E-state index contributed by atoms with van der Waals surface area (Å²) in [5.74, 6) is 0. The Balaban J connectivity index is 2.95. The molecule has 3 heteroatoms. The Morgan fingerprint density at radius 1 is 1.31 bits per heavy atom. The minimum absolute atomic E-state index is 0.0821. The van der Waals surface area contributed by atoms with Crippen LogP contribution < -0.4 is 5.43 Å². The summed E-state index contributed by atoms with van der Waals surface area (Å²) in [5.41, 5.74) is 0.984. The third-order valence-electron chi connectivity index (χ3n) is 1.97. The molecule has 0 spiro atoms. The maximum atomic E-state index is 11.5. The number of benzene rings is 1. The first-order valence-electron chi connectivity index (χ1n) is 3.97. The van der Waals surface area contributed by atoms with Crippen molar-refractivity contribution in [1.29, 1.82) is 0 Å². The predicted molar refractivity (Wildman–Crippen MR) is 56.3 cm³/mol. The second-order valence-electron chi connectivity index (χ2n) is 2.72. The zero-order chi connectivity index (χ0) is 9.26. The summed E-state index contributed by atoms with van der Waals surface area (Å²) in [6.45, 7) is 0. The number of pyridine rings is 1. The van der Waals surface area contributed by atoms with Crippen LogP contribution in [0.3, 0.4) is 0 Å². The lowest BCUT2D eigenvalue weighted by molar-refractivity contribution is 1.36. The van der Waals surface area contributed by atoms with Crippen LogP contribution in [0.15, 0.2) is 40.2 Å². The van der Waals surface area contributed by atoms with E-state index in [1.807, 2.05) is 24.5 Å². The lowest BCUT2D eigenvalue weighted by Gasteiger charge is -2.01. The van der Waals surface area contributed by atoms with Crippen LogP contribution in [0.5, 0.6) is 0 Å². The normalized spacial score (nSPS) is 10.5. The van der Waals surface area contributed by atoms with Crippen molar-refractivity contribution in [2.24, 2.45) is 0 Å². The fraction of sp³-hybridized carbons (Fsp3) is 0.100. The smallest absolute Gasteiger partial charge is 0.190 e. The number of thioether (sulfide) groups is 1. The highest BCUT2D eigenvalue weighted by atomic mass is 32.2. The van der Waals surface area contributed by atoms with Gasteiger partial charge in [-0.05, 0) is 18.4 Å². The third kappa shape index (κ3) is 1.35. The lowest BCUT2D eigenvalue weighted by Crippen LogP contribution is -2.00. The molecule has 0 bridgehead atoms. The molecule has 0 saturated heterocycles. The summed E-state index contributed by atoms with van der Waals surface area (Å²) in [5, 5.41) is 0.789. The van der Waals surface area contributed by atoms with E-state index in [0.29, 0.717) is 0 Å². The van der Waals surface area contributed by atoms with Gasteiger partial charge in [-0.3, -0.25) is 4.79 Å². The molecule has 13 heavy (non-hydrogen) atoms. The third-order valence-corrected chi connectivity index (χ3v) is 2.75. The quantitative estimate of drug-likeness (QED) is 0.701. The second kappa shape index (κ2) is 3.26. The SMILES string of the molecule is CSc1cccc2[nH]ccc(=O)c12. The Labute approximate surface area is 80.0 Å². The molecule has 0 aliphatic carbocycles. The molecule has 0 unspecified atom stereocenters. The molecule has 2 aromatic rings. The van der Waals surface area contributed by atoms with Gasteiger partial charge in [-0.15, -0.1) is 11.8 Å². The van der Waals surface area contributed by atoms with E-state index in [1.54, 1.807) is 24.0 Å². The van der Waals surface area contributed by atoms with Crippen LogP contribution in [0, 0.1) is 0 Å². The lowest BCUT2D eigenvalue weighted by atomic mass is 10.2. The van der Waals surface area contributed by atoms with Gasteiger partial charge in [-0.2, -0.15) is 0 Å². The molecule has 2 nitrogen and oxygen atoms in total. The van der Waals surface area contributed by atoms with Crippen LogP contribution in [-0.2, 0) is 0 Å². The second-order valence-corrected chi connectivity index (χ2v) is 3.57. The van der Waals surface area contributed by atoms with Crippen molar-refractivity contribution in [2.75, 3.05) is 6.26 Å². The largest absolute Gasteiger partial charge is 0.361 e. The molecule has 0 fully saturated rings. The summed E-state index contributed by atoms with van der Waals surface area (Å²) in [4.78, 5) is 15.6. The summed E-state index contributed by atoms with van der Waals surface area (Å²) in [6.07, 6.45) is 3.65. The average molecular weight is 191 g/mol. The molecule has 0 amide bonds. The Kier molecular flexibility index (Phi) is 2.10. The van der Waals surface area contributed by atoms with Gasteiger partial charge in [0.15, 0.2) is 5.43 Å². The highest BCUT2D eigenvalue weighted by Gasteiger charge is 2.02. The van der Waals surface area contributed by atoms with Crippen molar-refractivity contribution in [3.05, 3.63) is 40.7 Å². The van der Waals surface area contributed by atoms with Crippen molar-refractivity contribution in [3.8, 4) is 0 Å². The molecular weight excluding hydrogens is 182 g/mol. The summed E-state index contributed by atoms with van der Waals surface area (Å²) >= 11 is 1.59. The van der Waals surface area contributed by atoms with Gasteiger partial charge in [0.1, 0.15) is 0 Å². The van der Waals surface area contributed by atoms with Crippen molar-refractivity contribution >= 4 is 22.7 Å². The van der Waals surface area contributed by atoms with E-state index >= 15 is 0 Å². The Morgan fingerprint density at radius 2 is 2.15 bits per heavy atom. The number of hydrogen-bond donors (Lipinski definition) is 1. The van der Waals surface area contributed by atoms with Crippen molar-refractivity contribution < 1.29 is 0 Å². The number of H-pyrrole nitrogens is 1. The molecule has 1 heterocycles. The van der Waals surface area contributed by atoms with Crippen LogP contribution in [-0.4, -0.2) is 11.2 Å². The maximum absolute atomic E-state index is 11.5. The summed E-state index contributed by atoms with van der Waals surface area (Å²) in [7, 11) is 0. The first-order chi connectivity index (χ1) is 6.33. The number of fused-ring (bicyclic) bond motifs is 1. The molecule has 1 aromatic heterocycles. The highest BCUT2D eigenvalue weighted by Crippen LogP contribution is 2.21. The Morgan fingerprint density at radius 3 is 2.92 bits per heavy atom. The first-order valence-corrected chi connectivity index (χ1v) is 5.20. The van der Waals surface area contributed by atoms with E-state index in [9.17, 15) is 4.79 Å². The molecule has 0 atom stereocenters. The molecule has 66 valence electrons. The van der Waals surface area contributed by atoms with Crippen LogP contribution in [0.2, 0.25) is 0 Å². The highest BCUT2D eigenvalue weighted by molar-refractivity contribution is 7.98. The standard InChI is InChI=1S/C10H9NOS/c1-13-9-4-2-3-7-10(9)8(12)5-6-11-7/h2-6H,1H3,(H,11,12). The van der Waals surface area contributed by atoms with Gasteiger partial charge in [0.2, 0.25) is 0 Å². The van der Waals surface area contributed by atoms with Crippen molar-refractivity contribution in [2.45, 2.75) is 4.90 Å². The fourth-order valence-electron chi connectivity index (χ4n) is 1.37. The van der Waals surface area contributed by atoms with Crippen molar-refractivity contribution in [1.82, 2.24) is 4.98 Å². The molecule has 0 aliphatic heterocycles. The summed E-state index contributed by atoms with van der Waals surface area (Å²) in [6, 6.07) is 7.38. The van der Waals surface area contributed by atoms with E-state index in [0.717, 1.165) is 15.8 Å². The molecule has 1 aromatic carbocycles. The van der Waals surface area contributed by atoms with E-state index in [1.165, 1.54) is 0 Å². The molecular formula is C10H9NOS. The number of hydrogen-bond acceptors (Lipinski definition) is 2. The first kappa shape index (κ1) is 8.38. The van der Waals surface area contributed by atoms with Crippen LogP contribution in [0.1, 0.15) is 0 Å². The number of nitrogens with one attached hydrogen (secondary N) is 1. The molecule has 1 N–H and O–H groups in total. The number of aromatic nitrogens is 1. The van der Waals surface area contributed by atoms with Crippen LogP contribution in [0.4, 0.5) is 0 Å². The minimum Gasteiger partial charge on any atom is -0.361 e. The topological polar surface area (TPSA) is 32.9 Å². The average Bonchev–Trinajstić information content (AvgIpc) is 2.17. The minimum atomic E-state index is 0.0821. The van der Waals surface area contributed by atoms with Gasteiger partial charge in [-0.25, -0.2) is 0 Å². The maximum Gasteiger partial charge on any atom is 0.190 e. The van der Waals surface area contributed by atoms with E-state index in [2.05, 4.69) is 4.98 Å². The molecule has 0 radical (unpaired) electrons. The van der Waals surface area contributed by atoms with E-state index in [4.69, 9.17) is 0 Å². The van der Waals surface area contributed by atoms with Gasteiger partial charge >= 0.3 is 0 Å². The van der Waals surface area contributed by atoms with Crippen molar-refractivity contribution in [3.63, 3.8) is 0 Å². The molecule has 0 saturated carbocycles. The number of rotatable bonds is 1. The molecule has 0 aliphatic rings. The van der Waals surface area contributed by atoms with Gasteiger partial charge < -0.3 is 4.98 Å². The van der Waals surface area contributed by atoms with Gasteiger partial charge in [-0.1, -0.05) is 6.07 Å². The Hall–Kier alpha value is -1.22. The monoisotopic (exact) mass is 191 g/mol.